The number of benzene rings is 2. The molecule has 142 valence electrons. The summed E-state index contributed by atoms with van der Waals surface area (Å²) in [6, 6.07) is 17.1. The maximum Gasteiger partial charge on any atom is 0.0998 e. The third-order valence-corrected chi connectivity index (χ3v) is 5.78. The number of likely N-dealkylation sites (tertiary alicyclic amines) is 1. The number of rotatable bonds is 4. The molecule has 1 N–H and O–H groups in total. The minimum Gasteiger partial charge on any atom is -0.361 e. The molecule has 4 aromatic rings. The Hall–Kier alpha value is -3.42. The molecule has 0 saturated carbocycles. The van der Waals surface area contributed by atoms with Gasteiger partial charge in [0, 0.05) is 47.0 Å². The quantitative estimate of drug-likeness (QED) is 0.485. The fourth-order valence-electron chi connectivity index (χ4n) is 4.29. The molecule has 29 heavy (non-hydrogen) atoms. The van der Waals surface area contributed by atoms with E-state index in [1.807, 2.05) is 42.7 Å². The molecule has 1 aliphatic rings. The van der Waals surface area contributed by atoms with Crippen molar-refractivity contribution in [2.45, 2.75) is 19.4 Å². The fourth-order valence-corrected chi connectivity index (χ4v) is 4.29. The summed E-state index contributed by atoms with van der Waals surface area (Å²) in [6.45, 7) is 3.33. The molecule has 0 atom stereocenters. The average molecular weight is 378 g/mol. The fraction of sp³-hybridized carbons (Fsp3) is 0.200. The average Bonchev–Trinajstić information content (AvgIpc) is 3.42. The number of nitrogens with one attached hydrogen (secondary N) is 1. The van der Waals surface area contributed by atoms with Crippen LogP contribution in [0.1, 0.15) is 29.5 Å². The first-order valence-corrected chi connectivity index (χ1v) is 10.1. The van der Waals surface area contributed by atoms with E-state index in [0.717, 1.165) is 39.3 Å². The highest BCUT2D eigenvalue weighted by atomic mass is 15.1. The Labute approximate surface area is 170 Å². The molecule has 2 aromatic heterocycles. The highest BCUT2D eigenvalue weighted by Crippen LogP contribution is 2.29. The Kier molecular flexibility index (Phi) is 4.59. The van der Waals surface area contributed by atoms with Crippen molar-refractivity contribution in [3.8, 4) is 6.07 Å². The second kappa shape index (κ2) is 7.54. The van der Waals surface area contributed by atoms with Crippen LogP contribution < -0.4 is 0 Å². The van der Waals surface area contributed by atoms with Gasteiger partial charge in [-0.25, -0.2) is 0 Å². The Morgan fingerprint density at radius 3 is 2.90 bits per heavy atom. The summed E-state index contributed by atoms with van der Waals surface area (Å²) in [4.78, 5) is 10.0. The molecule has 4 heteroatoms. The van der Waals surface area contributed by atoms with Gasteiger partial charge in [0.25, 0.3) is 0 Å². The van der Waals surface area contributed by atoms with Gasteiger partial charge in [-0.15, -0.1) is 0 Å². The number of aromatic amines is 1. The maximum absolute atomic E-state index is 9.94. The van der Waals surface area contributed by atoms with Crippen LogP contribution in [0.25, 0.3) is 33.3 Å². The first-order chi connectivity index (χ1) is 14.3. The smallest absolute Gasteiger partial charge is 0.0998 e. The Balaban J connectivity index is 1.57. The second-order valence-electron chi connectivity index (χ2n) is 7.68. The van der Waals surface area contributed by atoms with Crippen LogP contribution in [0.3, 0.4) is 0 Å². The third-order valence-electron chi connectivity index (χ3n) is 5.78. The van der Waals surface area contributed by atoms with Gasteiger partial charge in [0.2, 0.25) is 0 Å². The topological polar surface area (TPSA) is 55.7 Å². The van der Waals surface area contributed by atoms with E-state index in [0.29, 0.717) is 5.57 Å². The SMILES string of the molecule is N#CC(=Cc1cccc2cnccc12)c1c[nH]c2ccc(CN3CCCC3)cc12. The molecule has 1 saturated heterocycles. The van der Waals surface area contributed by atoms with Crippen molar-refractivity contribution in [2.75, 3.05) is 13.1 Å². The van der Waals surface area contributed by atoms with E-state index in [2.05, 4.69) is 39.1 Å². The Morgan fingerprint density at radius 1 is 1.14 bits per heavy atom. The van der Waals surface area contributed by atoms with Gasteiger partial charge >= 0.3 is 0 Å². The largest absolute Gasteiger partial charge is 0.361 e. The van der Waals surface area contributed by atoms with Crippen molar-refractivity contribution in [3.63, 3.8) is 0 Å². The molecule has 2 aromatic carbocycles. The minimum absolute atomic E-state index is 0.666. The molecule has 0 aliphatic carbocycles. The van der Waals surface area contributed by atoms with Crippen molar-refractivity contribution in [2.24, 2.45) is 0 Å². The second-order valence-corrected chi connectivity index (χ2v) is 7.68. The highest BCUT2D eigenvalue weighted by Gasteiger charge is 2.14. The summed E-state index contributed by atoms with van der Waals surface area (Å²) in [5.74, 6) is 0. The number of allylic oxidation sites excluding steroid dienone is 1. The molecule has 1 fully saturated rings. The Bertz CT molecular complexity index is 1250. The standard InChI is InChI=1S/C25H22N4/c26-14-21(13-19-4-3-5-20-15-27-9-8-22(19)20)24-16-28-25-7-6-18(12-23(24)25)17-29-10-1-2-11-29/h3-9,12-13,15-16,28H,1-2,10-11,17H2. The predicted molar refractivity (Wildman–Crippen MR) is 118 cm³/mol. The molecule has 0 spiro atoms. The van der Waals surface area contributed by atoms with Crippen molar-refractivity contribution < 1.29 is 0 Å². The molecule has 5 rings (SSSR count). The first-order valence-electron chi connectivity index (χ1n) is 10.1. The van der Waals surface area contributed by atoms with Crippen molar-refractivity contribution >= 4 is 33.3 Å². The van der Waals surface area contributed by atoms with Gasteiger partial charge < -0.3 is 4.98 Å². The van der Waals surface area contributed by atoms with Crippen LogP contribution in [-0.2, 0) is 6.54 Å². The van der Waals surface area contributed by atoms with Gasteiger partial charge in [0.05, 0.1) is 11.6 Å². The zero-order valence-corrected chi connectivity index (χ0v) is 16.2. The maximum atomic E-state index is 9.94. The summed E-state index contributed by atoms with van der Waals surface area (Å²) in [7, 11) is 0. The molecule has 4 nitrogen and oxygen atoms in total. The van der Waals surface area contributed by atoms with Crippen LogP contribution in [0.5, 0.6) is 0 Å². The van der Waals surface area contributed by atoms with Gasteiger partial charge in [-0.3, -0.25) is 9.88 Å². The van der Waals surface area contributed by atoms with E-state index in [-0.39, 0.29) is 0 Å². The number of nitrogens with zero attached hydrogens (tertiary/aromatic N) is 3. The minimum atomic E-state index is 0.666. The van der Waals surface area contributed by atoms with Gasteiger partial charge in [-0.2, -0.15) is 5.26 Å². The molecule has 3 heterocycles. The molecule has 0 amide bonds. The van der Waals surface area contributed by atoms with Crippen LogP contribution in [0.4, 0.5) is 0 Å². The van der Waals surface area contributed by atoms with Crippen LogP contribution in [0.2, 0.25) is 0 Å². The van der Waals surface area contributed by atoms with E-state index in [1.54, 1.807) is 6.20 Å². The summed E-state index contributed by atoms with van der Waals surface area (Å²) in [6.07, 6.45) is 10.2. The highest BCUT2D eigenvalue weighted by molar-refractivity contribution is 6.04. The van der Waals surface area contributed by atoms with E-state index in [4.69, 9.17) is 0 Å². The molecule has 1 aliphatic heterocycles. The van der Waals surface area contributed by atoms with E-state index in [9.17, 15) is 5.26 Å². The first kappa shape index (κ1) is 17.7. The van der Waals surface area contributed by atoms with E-state index >= 15 is 0 Å². The zero-order chi connectivity index (χ0) is 19.6. The molecular weight excluding hydrogens is 356 g/mol. The number of fused-ring (bicyclic) bond motifs is 2. The number of hydrogen-bond donors (Lipinski definition) is 1. The molecular formula is C25H22N4. The molecule has 0 unspecified atom stereocenters. The van der Waals surface area contributed by atoms with Crippen molar-refractivity contribution in [1.82, 2.24) is 14.9 Å². The number of hydrogen-bond acceptors (Lipinski definition) is 3. The van der Waals surface area contributed by atoms with Crippen LogP contribution in [0, 0.1) is 11.3 Å². The molecule has 0 radical (unpaired) electrons. The summed E-state index contributed by atoms with van der Waals surface area (Å²) >= 11 is 0. The third kappa shape index (κ3) is 3.41. The van der Waals surface area contributed by atoms with Gasteiger partial charge in [0.1, 0.15) is 0 Å². The van der Waals surface area contributed by atoms with Crippen molar-refractivity contribution in [1.29, 1.82) is 5.26 Å². The number of pyridine rings is 1. The lowest BCUT2D eigenvalue weighted by molar-refractivity contribution is 0.331. The number of H-pyrrole nitrogens is 1. The van der Waals surface area contributed by atoms with Gasteiger partial charge in [-0.05, 0) is 66.7 Å². The lowest BCUT2D eigenvalue weighted by atomic mass is 9.99. The van der Waals surface area contributed by atoms with Gasteiger partial charge in [0.15, 0.2) is 0 Å². The van der Waals surface area contributed by atoms with Gasteiger partial charge in [-0.1, -0.05) is 24.3 Å². The van der Waals surface area contributed by atoms with Crippen LogP contribution in [0.15, 0.2) is 61.1 Å². The van der Waals surface area contributed by atoms with E-state index < -0.39 is 0 Å². The normalized spacial score (nSPS) is 15.2. The van der Waals surface area contributed by atoms with Crippen LogP contribution >= 0.6 is 0 Å². The molecule has 0 bridgehead atoms. The summed E-state index contributed by atoms with van der Waals surface area (Å²) in [5.41, 5.74) is 5.02. The number of nitriles is 1. The lowest BCUT2D eigenvalue weighted by Gasteiger charge is -2.14. The summed E-state index contributed by atoms with van der Waals surface area (Å²) < 4.78 is 0. The summed E-state index contributed by atoms with van der Waals surface area (Å²) in [5, 5.41) is 13.2. The zero-order valence-electron chi connectivity index (χ0n) is 16.2. The van der Waals surface area contributed by atoms with Crippen LogP contribution in [-0.4, -0.2) is 28.0 Å². The monoisotopic (exact) mass is 378 g/mol. The lowest BCUT2D eigenvalue weighted by Crippen LogP contribution is -2.18. The van der Waals surface area contributed by atoms with E-state index in [1.165, 1.54) is 31.5 Å². The van der Waals surface area contributed by atoms with Crippen molar-refractivity contribution in [3.05, 3.63) is 77.7 Å². The Morgan fingerprint density at radius 2 is 2.03 bits per heavy atom. The number of aromatic nitrogens is 2. The predicted octanol–water partition coefficient (Wildman–Crippen LogP) is 5.38.